The van der Waals surface area contributed by atoms with Gasteiger partial charge in [0.25, 0.3) is 0 Å². The van der Waals surface area contributed by atoms with Gasteiger partial charge in [-0.05, 0) is 76.4 Å². The molecule has 1 atom stereocenters. The Labute approximate surface area is 288 Å². The van der Waals surface area contributed by atoms with Crippen LogP contribution in [0.15, 0.2) is 180 Å². The van der Waals surface area contributed by atoms with Crippen molar-refractivity contribution in [3.63, 3.8) is 0 Å². The van der Waals surface area contributed by atoms with Crippen molar-refractivity contribution in [2.24, 2.45) is 0 Å². The third-order valence-corrected chi connectivity index (χ3v) is 11.1. The highest BCUT2D eigenvalue weighted by atomic mass is 32.1. The van der Waals surface area contributed by atoms with Gasteiger partial charge in [-0.25, -0.2) is 0 Å². The largest absolute Gasteiger partial charge is 0.454 e. The fourth-order valence-corrected chi connectivity index (χ4v) is 8.72. The summed E-state index contributed by atoms with van der Waals surface area (Å²) in [5.74, 6) is 0.298. The highest BCUT2D eigenvalue weighted by molar-refractivity contribution is 7.26. The molecule has 232 valence electrons. The molecular weight excluding hydrogens is 615 g/mol. The Morgan fingerprint density at radius 1 is 0.592 bits per heavy atom. The van der Waals surface area contributed by atoms with Gasteiger partial charge in [0.15, 0.2) is 5.58 Å². The molecule has 0 saturated heterocycles. The maximum Gasteiger partial charge on any atom is 0.159 e. The first-order valence-corrected chi connectivity index (χ1v) is 17.7. The number of nitrogens with zero attached hydrogens (tertiary/aromatic N) is 1. The fourth-order valence-electron chi connectivity index (χ4n) is 7.59. The normalized spacial score (nSPS) is 14.7. The molecule has 0 bridgehead atoms. The lowest BCUT2D eigenvalue weighted by Gasteiger charge is -2.29. The Morgan fingerprint density at radius 2 is 1.37 bits per heavy atom. The number of anilines is 2. The lowest BCUT2D eigenvalue weighted by Crippen LogP contribution is -2.17. The quantitative estimate of drug-likeness (QED) is 0.185. The van der Waals surface area contributed by atoms with Crippen molar-refractivity contribution >= 4 is 75.6 Å². The maximum atomic E-state index is 6.56. The molecule has 2 nitrogen and oxygen atoms in total. The van der Waals surface area contributed by atoms with Gasteiger partial charge in [0, 0.05) is 48.2 Å². The number of rotatable bonds is 5. The summed E-state index contributed by atoms with van der Waals surface area (Å²) < 4.78 is 9.26. The molecule has 9 aromatic rings. The van der Waals surface area contributed by atoms with E-state index in [0.717, 1.165) is 45.4 Å². The number of allylic oxidation sites excluding steroid dienone is 3. The molecule has 0 spiro atoms. The lowest BCUT2D eigenvalue weighted by molar-refractivity contribution is 0.668. The average molecular weight is 646 g/mol. The van der Waals surface area contributed by atoms with Crippen LogP contribution in [0.5, 0.6) is 0 Å². The number of hydrogen-bond acceptors (Lipinski definition) is 3. The molecule has 10 rings (SSSR count). The van der Waals surface area contributed by atoms with Crippen LogP contribution in [-0.2, 0) is 0 Å². The highest BCUT2D eigenvalue weighted by Crippen LogP contribution is 2.43. The summed E-state index contributed by atoms with van der Waals surface area (Å²) in [5.41, 5.74) is 8.83. The van der Waals surface area contributed by atoms with Crippen molar-refractivity contribution in [2.75, 3.05) is 4.90 Å². The third-order valence-electron chi connectivity index (χ3n) is 10.0. The van der Waals surface area contributed by atoms with Crippen LogP contribution >= 0.6 is 11.3 Å². The van der Waals surface area contributed by atoms with Gasteiger partial charge in [-0.15, -0.1) is 11.3 Å². The molecule has 2 aromatic heterocycles. The van der Waals surface area contributed by atoms with Crippen molar-refractivity contribution in [3.05, 3.63) is 181 Å². The Morgan fingerprint density at radius 3 is 2.22 bits per heavy atom. The van der Waals surface area contributed by atoms with Crippen molar-refractivity contribution in [3.8, 4) is 11.1 Å². The predicted molar refractivity (Wildman–Crippen MR) is 209 cm³/mol. The van der Waals surface area contributed by atoms with Gasteiger partial charge in [-0.1, -0.05) is 127 Å². The first-order chi connectivity index (χ1) is 24.3. The van der Waals surface area contributed by atoms with E-state index >= 15 is 0 Å². The lowest BCUT2D eigenvalue weighted by atomic mass is 9.89. The van der Waals surface area contributed by atoms with Gasteiger partial charge in [0.2, 0.25) is 0 Å². The molecule has 0 saturated carbocycles. The van der Waals surface area contributed by atoms with Crippen LogP contribution in [0, 0.1) is 0 Å². The summed E-state index contributed by atoms with van der Waals surface area (Å²) in [6.45, 7) is 0. The minimum Gasteiger partial charge on any atom is -0.454 e. The van der Waals surface area contributed by atoms with Crippen molar-refractivity contribution < 1.29 is 4.42 Å². The van der Waals surface area contributed by atoms with Crippen LogP contribution in [0.4, 0.5) is 11.4 Å². The van der Waals surface area contributed by atoms with Gasteiger partial charge < -0.3 is 9.32 Å². The summed E-state index contributed by atoms with van der Waals surface area (Å²) in [5, 5.41) is 7.62. The minimum atomic E-state index is 0.298. The molecule has 0 N–H and O–H groups in total. The molecule has 0 radical (unpaired) electrons. The van der Waals surface area contributed by atoms with Gasteiger partial charge in [0.05, 0.1) is 5.69 Å². The average Bonchev–Trinajstić information content (AvgIpc) is 3.75. The van der Waals surface area contributed by atoms with E-state index in [4.69, 9.17) is 4.42 Å². The van der Waals surface area contributed by atoms with Gasteiger partial charge >= 0.3 is 0 Å². The van der Waals surface area contributed by atoms with Crippen molar-refractivity contribution in [1.82, 2.24) is 0 Å². The molecule has 0 aliphatic heterocycles. The number of para-hydroxylation sites is 2. The van der Waals surface area contributed by atoms with E-state index in [1.54, 1.807) is 0 Å². The highest BCUT2D eigenvalue weighted by Gasteiger charge is 2.22. The minimum absolute atomic E-state index is 0.298. The second-order valence-corrected chi connectivity index (χ2v) is 13.9. The first-order valence-electron chi connectivity index (χ1n) is 16.9. The zero-order chi connectivity index (χ0) is 32.3. The van der Waals surface area contributed by atoms with Crippen LogP contribution in [0.3, 0.4) is 0 Å². The second kappa shape index (κ2) is 11.4. The Hall–Kier alpha value is -5.90. The second-order valence-electron chi connectivity index (χ2n) is 12.8. The van der Waals surface area contributed by atoms with Gasteiger partial charge in [-0.2, -0.15) is 0 Å². The number of hydrogen-bond donors (Lipinski definition) is 0. The van der Waals surface area contributed by atoms with Crippen molar-refractivity contribution in [1.29, 1.82) is 0 Å². The molecule has 1 aliphatic carbocycles. The number of fused-ring (bicyclic) bond motifs is 8. The van der Waals surface area contributed by atoms with E-state index in [0.29, 0.717) is 5.92 Å². The van der Waals surface area contributed by atoms with Gasteiger partial charge in [0.1, 0.15) is 5.58 Å². The number of benzene rings is 7. The monoisotopic (exact) mass is 645 g/mol. The van der Waals surface area contributed by atoms with E-state index < -0.39 is 0 Å². The van der Waals surface area contributed by atoms with E-state index in [1.807, 2.05) is 17.4 Å². The van der Waals surface area contributed by atoms with E-state index in [2.05, 4.69) is 169 Å². The van der Waals surface area contributed by atoms with Crippen LogP contribution in [-0.4, -0.2) is 0 Å². The number of thiophene rings is 1. The zero-order valence-corrected chi connectivity index (χ0v) is 27.5. The SMILES string of the molecule is C1=CC(c2ccc3c(ccc4sc5ccccc5c43)c2)CC=C1N(c1ccc(-c2ccccc2)cc1)c1cccc2c1oc1ccccc12. The molecule has 0 amide bonds. The van der Waals surface area contributed by atoms with Crippen LogP contribution < -0.4 is 4.90 Å². The van der Waals surface area contributed by atoms with Crippen LogP contribution in [0.1, 0.15) is 17.9 Å². The molecule has 49 heavy (non-hydrogen) atoms. The molecule has 1 aliphatic rings. The summed E-state index contributed by atoms with van der Waals surface area (Å²) in [6.07, 6.45) is 7.96. The molecule has 7 aromatic carbocycles. The first kappa shape index (κ1) is 28.1. The van der Waals surface area contributed by atoms with Gasteiger partial charge in [-0.3, -0.25) is 0 Å². The predicted octanol–water partition coefficient (Wildman–Crippen LogP) is 13.5. The Bertz CT molecular complexity index is 2750. The molecule has 0 fully saturated rings. The molecule has 1 unspecified atom stereocenters. The summed E-state index contributed by atoms with van der Waals surface area (Å²) >= 11 is 1.88. The summed E-state index contributed by atoms with van der Waals surface area (Å²) in [7, 11) is 0. The standard InChI is InChI=1S/C46H31NOS/c1-2-9-30(10-3-1)31-17-23-35(24-18-31)47(41-14-8-13-39-38-11-4-6-15-42(38)48-46(39)41)36-25-19-32(20-26-36)33-21-27-37-34(29-33)22-28-44-45(37)40-12-5-7-16-43(40)49-44/h1-19,21-29,32H,20H2. The Kier molecular flexibility index (Phi) is 6.53. The molecular formula is C46H31NOS. The van der Waals surface area contributed by atoms with E-state index in [9.17, 15) is 0 Å². The zero-order valence-electron chi connectivity index (χ0n) is 26.7. The van der Waals surface area contributed by atoms with Crippen LogP contribution in [0.2, 0.25) is 0 Å². The maximum absolute atomic E-state index is 6.56. The van der Waals surface area contributed by atoms with E-state index in [-0.39, 0.29) is 0 Å². The smallest absolute Gasteiger partial charge is 0.159 e. The van der Waals surface area contributed by atoms with Crippen molar-refractivity contribution in [2.45, 2.75) is 12.3 Å². The number of furan rings is 1. The fraction of sp³-hybridized carbons (Fsp3) is 0.0435. The Balaban J connectivity index is 1.04. The molecule has 3 heteroatoms. The van der Waals surface area contributed by atoms with Crippen LogP contribution in [0.25, 0.3) is 64.0 Å². The third kappa shape index (κ3) is 4.69. The summed E-state index contributed by atoms with van der Waals surface area (Å²) in [6, 6.07) is 54.6. The van der Waals surface area contributed by atoms with E-state index in [1.165, 1.54) is 47.6 Å². The topological polar surface area (TPSA) is 16.4 Å². The summed E-state index contributed by atoms with van der Waals surface area (Å²) in [4.78, 5) is 2.35. The molecule has 2 heterocycles.